The smallest absolute Gasteiger partial charge is 0.263 e. The second kappa shape index (κ2) is 7.66. The summed E-state index contributed by atoms with van der Waals surface area (Å²) in [5.41, 5.74) is 0.948. The predicted molar refractivity (Wildman–Crippen MR) is 94.7 cm³/mol. The molecule has 0 aliphatic rings. The van der Waals surface area contributed by atoms with Crippen molar-refractivity contribution in [2.24, 2.45) is 0 Å². The largest absolute Gasteiger partial charge is 0.373 e. The number of benzene rings is 1. The van der Waals surface area contributed by atoms with Gasteiger partial charge in [-0.2, -0.15) is 0 Å². The number of sulfonamides is 1. The minimum Gasteiger partial charge on any atom is -0.373 e. The predicted octanol–water partition coefficient (Wildman–Crippen LogP) is 3.77. The molecule has 0 fully saturated rings. The maximum atomic E-state index is 12.3. The van der Waals surface area contributed by atoms with E-state index in [0.717, 1.165) is 25.1 Å². The number of rotatable bonds is 7. The highest BCUT2D eigenvalue weighted by Crippen LogP contribution is 2.20. The van der Waals surface area contributed by atoms with Gasteiger partial charge in [0.15, 0.2) is 0 Å². The maximum absolute atomic E-state index is 12.3. The zero-order chi connectivity index (χ0) is 16.9. The number of halogens is 1. The normalized spacial score (nSPS) is 11.3. The van der Waals surface area contributed by atoms with Crippen molar-refractivity contribution < 1.29 is 8.42 Å². The molecule has 0 amide bonds. The van der Waals surface area contributed by atoms with E-state index >= 15 is 0 Å². The number of hydrogen-bond acceptors (Lipinski definition) is 4. The first-order valence-electron chi connectivity index (χ1n) is 7.38. The minimum absolute atomic E-state index is 0.107. The van der Waals surface area contributed by atoms with Crippen LogP contribution in [0.1, 0.15) is 19.8 Å². The average molecular weight is 354 g/mol. The number of hydrogen-bond donors (Lipinski definition) is 1. The molecule has 23 heavy (non-hydrogen) atoms. The van der Waals surface area contributed by atoms with Gasteiger partial charge >= 0.3 is 0 Å². The van der Waals surface area contributed by atoms with Crippen LogP contribution in [0.2, 0.25) is 5.02 Å². The van der Waals surface area contributed by atoms with Crippen LogP contribution in [0.4, 0.5) is 11.5 Å². The Morgan fingerprint density at radius 1 is 1.26 bits per heavy atom. The lowest BCUT2D eigenvalue weighted by Crippen LogP contribution is -2.19. The van der Waals surface area contributed by atoms with Crippen LogP contribution in [0.25, 0.3) is 0 Å². The van der Waals surface area contributed by atoms with E-state index in [1.807, 2.05) is 13.1 Å². The number of unbranched alkanes of at least 4 members (excludes halogenated alkanes) is 1. The molecule has 0 saturated carbocycles. The molecule has 0 aliphatic heterocycles. The number of anilines is 2. The van der Waals surface area contributed by atoms with Crippen molar-refractivity contribution >= 4 is 33.1 Å². The van der Waals surface area contributed by atoms with Gasteiger partial charge in [-0.15, -0.1) is 0 Å². The summed E-state index contributed by atoms with van der Waals surface area (Å²) < 4.78 is 27.0. The lowest BCUT2D eigenvalue weighted by atomic mass is 10.3. The Morgan fingerprint density at radius 2 is 2.04 bits per heavy atom. The van der Waals surface area contributed by atoms with Crippen LogP contribution >= 0.6 is 11.6 Å². The van der Waals surface area contributed by atoms with Crippen molar-refractivity contribution in [1.29, 1.82) is 0 Å². The molecule has 1 aromatic carbocycles. The van der Waals surface area contributed by atoms with Crippen molar-refractivity contribution in [1.82, 2.24) is 4.98 Å². The van der Waals surface area contributed by atoms with Crippen molar-refractivity contribution in [3.05, 3.63) is 47.6 Å². The van der Waals surface area contributed by atoms with E-state index in [1.165, 1.54) is 12.1 Å². The Kier molecular flexibility index (Phi) is 5.85. The highest BCUT2D eigenvalue weighted by Gasteiger charge is 2.15. The van der Waals surface area contributed by atoms with E-state index in [-0.39, 0.29) is 10.7 Å². The molecule has 0 saturated heterocycles. The quantitative estimate of drug-likeness (QED) is 0.823. The Hall–Kier alpha value is -1.79. The van der Waals surface area contributed by atoms with Gasteiger partial charge in [0.25, 0.3) is 10.0 Å². The lowest BCUT2D eigenvalue weighted by Gasteiger charge is -2.18. The first-order valence-corrected chi connectivity index (χ1v) is 9.24. The molecule has 0 spiro atoms. The second-order valence-corrected chi connectivity index (χ2v) is 7.36. The van der Waals surface area contributed by atoms with Gasteiger partial charge in [0.05, 0.1) is 16.8 Å². The van der Waals surface area contributed by atoms with E-state index in [9.17, 15) is 8.42 Å². The van der Waals surface area contributed by atoms with Gasteiger partial charge in [-0.3, -0.25) is 4.72 Å². The molecule has 0 bridgehead atoms. The fourth-order valence-electron chi connectivity index (χ4n) is 2.03. The minimum atomic E-state index is -3.69. The van der Waals surface area contributed by atoms with E-state index in [1.54, 1.807) is 24.4 Å². The molecule has 1 aromatic heterocycles. The van der Waals surface area contributed by atoms with Crippen molar-refractivity contribution in [2.75, 3.05) is 23.2 Å². The van der Waals surface area contributed by atoms with E-state index in [2.05, 4.69) is 21.5 Å². The van der Waals surface area contributed by atoms with Crippen molar-refractivity contribution in [3.63, 3.8) is 0 Å². The molecule has 2 rings (SSSR count). The summed E-state index contributed by atoms with van der Waals surface area (Å²) in [5, 5.41) is 0.369. The summed E-state index contributed by atoms with van der Waals surface area (Å²) in [7, 11) is -1.71. The number of pyridine rings is 1. The molecule has 0 radical (unpaired) electrons. The SMILES string of the molecule is CCCCN(C)c1ccc(NS(=O)(=O)c2cccc(Cl)c2)nc1. The molecule has 0 atom stereocenters. The first kappa shape index (κ1) is 17.6. The van der Waals surface area contributed by atoms with Crippen LogP contribution in [-0.4, -0.2) is 27.0 Å². The standard InChI is InChI=1S/C16H20ClN3O2S/c1-3-4-10-20(2)14-8-9-16(18-12-14)19-23(21,22)15-7-5-6-13(17)11-15/h5-9,11-12H,3-4,10H2,1-2H3,(H,18,19). The zero-order valence-electron chi connectivity index (χ0n) is 13.2. The third kappa shape index (κ3) is 4.84. The summed E-state index contributed by atoms with van der Waals surface area (Å²) in [6, 6.07) is 9.60. The molecule has 7 heteroatoms. The molecule has 0 unspecified atom stereocenters. The molecule has 2 aromatic rings. The van der Waals surface area contributed by atoms with Crippen LogP contribution < -0.4 is 9.62 Å². The molecular formula is C16H20ClN3O2S. The van der Waals surface area contributed by atoms with Gasteiger partial charge in [-0.25, -0.2) is 13.4 Å². The summed E-state index contributed by atoms with van der Waals surface area (Å²) in [6.07, 6.45) is 3.88. The van der Waals surface area contributed by atoms with Gasteiger partial charge in [0, 0.05) is 18.6 Å². The van der Waals surface area contributed by atoms with Crippen molar-refractivity contribution in [2.45, 2.75) is 24.7 Å². The molecule has 1 heterocycles. The maximum Gasteiger partial charge on any atom is 0.263 e. The summed E-state index contributed by atoms with van der Waals surface area (Å²) in [5.74, 6) is 0.276. The fourth-order valence-corrected chi connectivity index (χ4v) is 3.34. The van der Waals surface area contributed by atoms with Gasteiger partial charge in [0.2, 0.25) is 0 Å². The molecule has 1 N–H and O–H groups in total. The van der Waals surface area contributed by atoms with Crippen LogP contribution in [-0.2, 0) is 10.0 Å². The molecular weight excluding hydrogens is 334 g/mol. The number of aromatic nitrogens is 1. The first-order chi connectivity index (χ1) is 10.9. The highest BCUT2D eigenvalue weighted by molar-refractivity contribution is 7.92. The average Bonchev–Trinajstić information content (AvgIpc) is 2.53. The monoisotopic (exact) mass is 353 g/mol. The number of nitrogens with one attached hydrogen (secondary N) is 1. The van der Waals surface area contributed by atoms with Gasteiger partial charge in [-0.05, 0) is 36.8 Å². The van der Waals surface area contributed by atoms with Crippen LogP contribution in [0.3, 0.4) is 0 Å². The Morgan fingerprint density at radius 3 is 2.65 bits per heavy atom. The highest BCUT2D eigenvalue weighted by atomic mass is 35.5. The summed E-state index contributed by atoms with van der Waals surface area (Å²) in [6.45, 7) is 3.07. The van der Waals surface area contributed by atoms with Crippen LogP contribution in [0.15, 0.2) is 47.5 Å². The third-order valence-electron chi connectivity index (χ3n) is 3.38. The molecule has 5 nitrogen and oxygen atoms in total. The van der Waals surface area contributed by atoms with E-state index in [4.69, 9.17) is 11.6 Å². The van der Waals surface area contributed by atoms with E-state index in [0.29, 0.717) is 5.02 Å². The van der Waals surface area contributed by atoms with Gasteiger partial charge in [0.1, 0.15) is 5.82 Å². The zero-order valence-corrected chi connectivity index (χ0v) is 14.7. The van der Waals surface area contributed by atoms with Crippen LogP contribution in [0, 0.1) is 0 Å². The van der Waals surface area contributed by atoms with E-state index < -0.39 is 10.0 Å². The topological polar surface area (TPSA) is 62.3 Å². The Balaban J connectivity index is 2.11. The van der Waals surface area contributed by atoms with Gasteiger partial charge in [-0.1, -0.05) is 31.0 Å². The Bertz CT molecular complexity index is 748. The van der Waals surface area contributed by atoms with Gasteiger partial charge < -0.3 is 4.90 Å². The van der Waals surface area contributed by atoms with Crippen LogP contribution in [0.5, 0.6) is 0 Å². The second-order valence-electron chi connectivity index (χ2n) is 5.24. The lowest BCUT2D eigenvalue weighted by molar-refractivity contribution is 0.601. The molecule has 0 aliphatic carbocycles. The number of nitrogens with zero attached hydrogens (tertiary/aromatic N) is 2. The summed E-state index contributed by atoms with van der Waals surface area (Å²) >= 11 is 5.84. The fraction of sp³-hybridized carbons (Fsp3) is 0.312. The molecule has 124 valence electrons. The third-order valence-corrected chi connectivity index (χ3v) is 4.97. The van der Waals surface area contributed by atoms with Crippen molar-refractivity contribution in [3.8, 4) is 0 Å². The Labute approximate surface area is 142 Å². The summed E-state index contributed by atoms with van der Waals surface area (Å²) in [4.78, 5) is 6.37.